The van der Waals surface area contributed by atoms with E-state index in [4.69, 9.17) is 10.5 Å². The number of rotatable bonds is 5. The smallest absolute Gasteiger partial charge is 0.195 e. The van der Waals surface area contributed by atoms with Crippen LogP contribution in [0.25, 0.3) is 16.5 Å². The van der Waals surface area contributed by atoms with E-state index in [1.807, 2.05) is 79.0 Å². The number of hydrogen-bond acceptors (Lipinski definition) is 5. The summed E-state index contributed by atoms with van der Waals surface area (Å²) in [5.74, 6) is 0. The van der Waals surface area contributed by atoms with Gasteiger partial charge < -0.3 is 0 Å². The van der Waals surface area contributed by atoms with Crippen LogP contribution in [0.5, 0.6) is 0 Å². The van der Waals surface area contributed by atoms with Crippen LogP contribution in [-0.4, -0.2) is 4.98 Å². The molecule has 0 aliphatic heterocycles. The lowest BCUT2D eigenvalue weighted by Crippen LogP contribution is -2.08. The Balaban J connectivity index is 1.68. The minimum atomic E-state index is 0.0872. The first-order valence-corrected chi connectivity index (χ1v) is 10.1. The topological polar surface area (TPSA) is 63.7 Å². The van der Waals surface area contributed by atoms with Gasteiger partial charge in [0.2, 0.25) is 0 Å². The van der Waals surface area contributed by atoms with Gasteiger partial charge in [0.1, 0.15) is 17.7 Å². The first-order valence-electron chi connectivity index (χ1n) is 9.27. The van der Waals surface area contributed by atoms with Crippen LogP contribution in [0.3, 0.4) is 0 Å². The zero-order valence-corrected chi connectivity index (χ0v) is 16.8. The van der Waals surface area contributed by atoms with Gasteiger partial charge in [-0.15, -0.1) is 0 Å². The molecule has 0 unspecified atom stereocenters. The highest BCUT2D eigenvalue weighted by molar-refractivity contribution is 7.19. The van der Waals surface area contributed by atoms with Crippen molar-refractivity contribution in [1.29, 1.82) is 10.5 Å². The van der Waals surface area contributed by atoms with Gasteiger partial charge in [0.15, 0.2) is 5.13 Å². The average Bonchev–Trinajstić information content (AvgIpc) is 3.29. The molecular formula is C25H16N4S. The van der Waals surface area contributed by atoms with Gasteiger partial charge in [0.25, 0.3) is 0 Å². The van der Waals surface area contributed by atoms with Crippen molar-refractivity contribution in [2.45, 2.75) is 0 Å². The van der Waals surface area contributed by atoms with E-state index < -0.39 is 0 Å². The van der Waals surface area contributed by atoms with E-state index in [1.54, 1.807) is 17.4 Å². The maximum absolute atomic E-state index is 8.91. The molecule has 0 aliphatic rings. The normalized spacial score (nSPS) is 9.93. The molecule has 4 aromatic rings. The van der Waals surface area contributed by atoms with Gasteiger partial charge in [-0.1, -0.05) is 72.0 Å². The first kappa shape index (κ1) is 19.1. The summed E-state index contributed by atoms with van der Waals surface area (Å²) < 4.78 is 0. The summed E-state index contributed by atoms with van der Waals surface area (Å²) in [4.78, 5) is 7.87. The van der Waals surface area contributed by atoms with Crippen LogP contribution < -0.4 is 4.90 Å². The molecule has 0 fully saturated rings. The molecule has 1 aromatic heterocycles. The van der Waals surface area contributed by atoms with E-state index in [9.17, 15) is 0 Å². The third-order valence-corrected chi connectivity index (χ3v) is 5.49. The Hall–Kier alpha value is -4.19. The number of hydrogen-bond donors (Lipinski definition) is 0. The molecule has 0 aliphatic carbocycles. The molecule has 0 saturated carbocycles. The van der Waals surface area contributed by atoms with E-state index in [1.165, 1.54) is 0 Å². The number of anilines is 3. The molecule has 0 saturated heterocycles. The molecule has 0 N–H and O–H groups in total. The second-order valence-corrected chi connectivity index (χ2v) is 7.43. The third kappa shape index (κ3) is 4.12. The van der Waals surface area contributed by atoms with E-state index in [-0.39, 0.29) is 5.57 Å². The number of thiazole rings is 1. The van der Waals surface area contributed by atoms with Gasteiger partial charge in [0, 0.05) is 17.6 Å². The van der Waals surface area contributed by atoms with Gasteiger partial charge in [-0.25, -0.2) is 4.98 Å². The fourth-order valence-electron chi connectivity index (χ4n) is 3.03. The van der Waals surface area contributed by atoms with Crippen molar-refractivity contribution in [2.24, 2.45) is 0 Å². The van der Waals surface area contributed by atoms with Gasteiger partial charge >= 0.3 is 0 Å². The number of para-hydroxylation sites is 2. The quantitative estimate of drug-likeness (QED) is 0.347. The Morgan fingerprint density at radius 1 is 0.800 bits per heavy atom. The maximum Gasteiger partial charge on any atom is 0.195 e. The van der Waals surface area contributed by atoms with Crippen LogP contribution in [0.15, 0.2) is 96.7 Å². The van der Waals surface area contributed by atoms with Crippen LogP contribution in [0.2, 0.25) is 0 Å². The lowest BCUT2D eigenvalue weighted by atomic mass is 10.1. The first-order chi connectivity index (χ1) is 14.8. The summed E-state index contributed by atoms with van der Waals surface area (Å²) in [5, 5.41) is 18.7. The Labute approximate surface area is 179 Å². The maximum atomic E-state index is 8.91. The molecule has 1 heterocycles. The summed E-state index contributed by atoms with van der Waals surface area (Å²) in [7, 11) is 0. The fourth-order valence-corrected chi connectivity index (χ4v) is 3.99. The Morgan fingerprint density at radius 3 is 1.90 bits per heavy atom. The SMILES string of the molecule is N#CC(C#N)=Cc1ccc(-c2cnc(N(c3ccccc3)c3ccccc3)s2)cc1. The van der Waals surface area contributed by atoms with Crippen LogP contribution in [0, 0.1) is 22.7 Å². The number of nitrogens with zero attached hydrogens (tertiary/aromatic N) is 4. The monoisotopic (exact) mass is 404 g/mol. The molecule has 0 spiro atoms. The zero-order chi connectivity index (χ0) is 20.8. The molecule has 4 rings (SSSR count). The number of allylic oxidation sites excluding steroid dienone is 1. The van der Waals surface area contributed by atoms with Gasteiger partial charge in [-0.3, -0.25) is 4.90 Å². The van der Waals surface area contributed by atoms with Crippen LogP contribution in [0.1, 0.15) is 5.56 Å². The van der Waals surface area contributed by atoms with Crippen molar-refractivity contribution in [2.75, 3.05) is 4.90 Å². The molecule has 0 amide bonds. The Kier molecular flexibility index (Phi) is 5.66. The summed E-state index contributed by atoms with van der Waals surface area (Å²) >= 11 is 1.61. The largest absolute Gasteiger partial charge is 0.286 e. The number of benzene rings is 3. The molecule has 142 valence electrons. The van der Waals surface area contributed by atoms with Crippen molar-refractivity contribution in [3.05, 3.63) is 102 Å². The van der Waals surface area contributed by atoms with E-state index in [0.29, 0.717) is 0 Å². The van der Waals surface area contributed by atoms with Crippen LogP contribution >= 0.6 is 11.3 Å². The zero-order valence-electron chi connectivity index (χ0n) is 15.9. The van der Waals surface area contributed by atoms with Crippen molar-refractivity contribution >= 4 is 33.9 Å². The minimum absolute atomic E-state index is 0.0872. The summed E-state index contributed by atoms with van der Waals surface area (Å²) in [6.45, 7) is 0. The average molecular weight is 404 g/mol. The third-order valence-electron chi connectivity index (χ3n) is 4.46. The van der Waals surface area contributed by atoms with Crippen molar-refractivity contribution in [3.8, 4) is 22.6 Å². The molecule has 5 heteroatoms. The Morgan fingerprint density at radius 2 is 1.37 bits per heavy atom. The van der Waals surface area contributed by atoms with Crippen LogP contribution in [-0.2, 0) is 0 Å². The summed E-state index contributed by atoms with van der Waals surface area (Å²) in [5.41, 5.74) is 4.03. The van der Waals surface area contributed by atoms with Crippen LogP contribution in [0.4, 0.5) is 16.5 Å². The lowest BCUT2D eigenvalue weighted by molar-refractivity contribution is 1.23. The van der Waals surface area contributed by atoms with Crippen molar-refractivity contribution in [1.82, 2.24) is 4.98 Å². The molecular weight excluding hydrogens is 388 g/mol. The van der Waals surface area contributed by atoms with Crippen molar-refractivity contribution < 1.29 is 0 Å². The van der Waals surface area contributed by atoms with Gasteiger partial charge in [-0.05, 0) is 41.5 Å². The highest BCUT2D eigenvalue weighted by Crippen LogP contribution is 2.39. The van der Waals surface area contributed by atoms with E-state index >= 15 is 0 Å². The highest BCUT2D eigenvalue weighted by atomic mass is 32.1. The highest BCUT2D eigenvalue weighted by Gasteiger charge is 2.16. The second-order valence-electron chi connectivity index (χ2n) is 6.42. The minimum Gasteiger partial charge on any atom is -0.286 e. The fraction of sp³-hybridized carbons (Fsp3) is 0. The van der Waals surface area contributed by atoms with E-state index in [2.05, 4.69) is 34.1 Å². The molecule has 0 bridgehead atoms. The number of nitriles is 2. The molecule has 30 heavy (non-hydrogen) atoms. The molecule has 4 nitrogen and oxygen atoms in total. The summed E-state index contributed by atoms with van der Waals surface area (Å²) in [6, 6.07) is 31.8. The molecule has 0 radical (unpaired) electrons. The van der Waals surface area contributed by atoms with Gasteiger partial charge in [-0.2, -0.15) is 10.5 Å². The predicted octanol–water partition coefficient (Wildman–Crippen LogP) is 6.71. The predicted molar refractivity (Wildman–Crippen MR) is 121 cm³/mol. The lowest BCUT2D eigenvalue weighted by Gasteiger charge is -2.22. The van der Waals surface area contributed by atoms with Gasteiger partial charge in [0.05, 0.1) is 4.88 Å². The van der Waals surface area contributed by atoms with E-state index in [0.717, 1.165) is 32.5 Å². The molecule has 0 atom stereocenters. The second kappa shape index (κ2) is 8.87. The number of aromatic nitrogens is 1. The Bertz CT molecular complexity index is 1190. The summed E-state index contributed by atoms with van der Waals surface area (Å²) in [6.07, 6.45) is 3.45. The molecule has 3 aromatic carbocycles. The van der Waals surface area contributed by atoms with Crippen molar-refractivity contribution in [3.63, 3.8) is 0 Å². The standard InChI is InChI=1S/C25H16N4S/c26-16-20(17-27)15-19-11-13-21(14-12-19)24-18-28-25(30-24)29(22-7-3-1-4-8-22)23-9-5-2-6-10-23/h1-15,18H.